The molecule has 32 heavy (non-hydrogen) atoms. The third-order valence-electron chi connectivity index (χ3n) is 5.21. The topological polar surface area (TPSA) is 100 Å². The Bertz CT molecular complexity index is 1050. The quantitative estimate of drug-likeness (QED) is 0.524. The average molecular weight is 530 g/mol. The Morgan fingerprint density at radius 3 is 2.69 bits per heavy atom. The predicted molar refractivity (Wildman–Crippen MR) is 120 cm³/mol. The number of aromatic nitrogens is 1. The first kappa shape index (κ1) is 24.6. The van der Waals surface area contributed by atoms with Crippen molar-refractivity contribution in [2.24, 2.45) is 0 Å². The van der Waals surface area contributed by atoms with Crippen molar-refractivity contribution in [3.05, 3.63) is 57.9 Å². The first-order valence-electron chi connectivity index (χ1n) is 10.1. The maximum atomic E-state index is 13.1. The van der Waals surface area contributed by atoms with Crippen LogP contribution in [0.4, 0.5) is 4.39 Å². The van der Waals surface area contributed by atoms with Crippen LogP contribution in [0.25, 0.3) is 0 Å². The molecule has 1 aromatic carbocycles. The molecule has 1 fully saturated rings. The van der Waals surface area contributed by atoms with E-state index in [1.807, 2.05) is 6.92 Å². The number of aryl methyl sites for hydroxylation is 1. The van der Waals surface area contributed by atoms with Crippen LogP contribution in [0.5, 0.6) is 5.88 Å². The lowest BCUT2D eigenvalue weighted by Gasteiger charge is -2.39. The smallest absolute Gasteiger partial charge is 0.265 e. The number of amides is 1. The molecule has 1 aliphatic rings. The summed E-state index contributed by atoms with van der Waals surface area (Å²) in [6, 6.07) is 8.02. The molecule has 8 nitrogen and oxygen atoms in total. The van der Waals surface area contributed by atoms with Gasteiger partial charge < -0.3 is 9.64 Å². The number of nitrogens with zero attached hydrogens (tertiary/aromatic N) is 3. The second kappa shape index (κ2) is 10.7. The number of piperazine rings is 1. The van der Waals surface area contributed by atoms with Gasteiger partial charge in [0.25, 0.3) is 16.0 Å². The van der Waals surface area contributed by atoms with E-state index in [1.54, 1.807) is 23.1 Å². The molecule has 2 heterocycles. The van der Waals surface area contributed by atoms with E-state index >= 15 is 0 Å². The maximum absolute atomic E-state index is 13.1. The van der Waals surface area contributed by atoms with Gasteiger partial charge >= 0.3 is 0 Å². The van der Waals surface area contributed by atoms with Crippen molar-refractivity contribution in [1.82, 2.24) is 14.8 Å². The van der Waals surface area contributed by atoms with Crippen molar-refractivity contribution >= 4 is 32.0 Å². The van der Waals surface area contributed by atoms with E-state index in [1.165, 1.54) is 18.3 Å². The Hall–Kier alpha value is -2.08. The summed E-state index contributed by atoms with van der Waals surface area (Å²) < 4.78 is 50.5. The predicted octanol–water partition coefficient (Wildman–Crippen LogP) is 2.53. The first-order valence-corrected chi connectivity index (χ1v) is 12.5. The largest absolute Gasteiger partial charge is 0.467 e. The van der Waals surface area contributed by atoms with Gasteiger partial charge in [-0.05, 0) is 53.0 Å². The molecule has 2 aromatic rings. The summed E-state index contributed by atoms with van der Waals surface area (Å²) in [5.41, 5.74) is 1.49. The van der Waals surface area contributed by atoms with Crippen molar-refractivity contribution in [3.8, 4) is 5.88 Å². The van der Waals surface area contributed by atoms with E-state index in [0.717, 1.165) is 5.56 Å². The number of carbonyl (C=O) groups is 1. The Labute approximate surface area is 195 Å². The Kier molecular flexibility index (Phi) is 8.21. The number of ether oxygens (including phenoxy) is 1. The van der Waals surface area contributed by atoms with Crippen molar-refractivity contribution in [2.75, 3.05) is 32.0 Å². The lowest BCUT2D eigenvalue weighted by molar-refractivity contribution is -0.138. The molecule has 1 atom stereocenters. The van der Waals surface area contributed by atoms with Gasteiger partial charge in [0.2, 0.25) is 5.88 Å². The van der Waals surface area contributed by atoms with E-state index in [0.29, 0.717) is 36.2 Å². The number of pyridine rings is 1. The number of halogens is 2. The van der Waals surface area contributed by atoms with Gasteiger partial charge in [-0.15, -0.1) is 0 Å². The molecular formula is C21H25BrFN3O5S. The first-order chi connectivity index (χ1) is 15.1. The van der Waals surface area contributed by atoms with Gasteiger partial charge in [0.15, 0.2) is 6.61 Å². The van der Waals surface area contributed by atoms with Gasteiger partial charge in [0.05, 0.1) is 5.75 Å². The SMILES string of the molecule is C[C@@H]1CN(Cc2ccc(F)cc2)CCN1C(=O)COc1ncc(Br)cc1CCS(=O)(=O)O. The van der Waals surface area contributed by atoms with Crippen molar-refractivity contribution in [1.29, 1.82) is 0 Å². The molecule has 0 spiro atoms. The van der Waals surface area contributed by atoms with Gasteiger partial charge in [-0.3, -0.25) is 14.2 Å². The highest BCUT2D eigenvalue weighted by molar-refractivity contribution is 9.10. The highest BCUT2D eigenvalue weighted by atomic mass is 79.9. The minimum Gasteiger partial charge on any atom is -0.467 e. The third kappa shape index (κ3) is 7.22. The fourth-order valence-corrected chi connectivity index (χ4v) is 4.48. The monoisotopic (exact) mass is 529 g/mol. The number of hydrogen-bond donors (Lipinski definition) is 1. The van der Waals surface area contributed by atoms with Gasteiger partial charge in [0, 0.05) is 48.5 Å². The van der Waals surface area contributed by atoms with E-state index in [-0.39, 0.29) is 36.7 Å². The molecule has 174 valence electrons. The van der Waals surface area contributed by atoms with Gasteiger partial charge in [-0.1, -0.05) is 12.1 Å². The van der Waals surface area contributed by atoms with Crippen LogP contribution in [0, 0.1) is 5.82 Å². The summed E-state index contributed by atoms with van der Waals surface area (Å²) in [7, 11) is -4.13. The summed E-state index contributed by atoms with van der Waals surface area (Å²) in [6.07, 6.45) is 1.50. The molecule has 1 amide bonds. The third-order valence-corrected chi connectivity index (χ3v) is 6.36. The van der Waals surface area contributed by atoms with Crippen LogP contribution in [-0.2, 0) is 27.9 Å². The van der Waals surface area contributed by atoms with E-state index in [2.05, 4.69) is 25.8 Å². The van der Waals surface area contributed by atoms with Crippen LogP contribution in [0.1, 0.15) is 18.1 Å². The van der Waals surface area contributed by atoms with Crippen molar-refractivity contribution < 1.29 is 26.9 Å². The van der Waals surface area contributed by atoms with Crippen molar-refractivity contribution in [2.45, 2.75) is 25.9 Å². The fraction of sp³-hybridized carbons (Fsp3) is 0.429. The van der Waals surface area contributed by atoms with Crippen LogP contribution in [-0.4, -0.2) is 71.7 Å². The Balaban J connectivity index is 1.55. The van der Waals surface area contributed by atoms with Gasteiger partial charge in [-0.2, -0.15) is 8.42 Å². The second-order valence-electron chi connectivity index (χ2n) is 7.74. The number of carbonyl (C=O) groups excluding carboxylic acids is 1. The summed E-state index contributed by atoms with van der Waals surface area (Å²) in [4.78, 5) is 20.8. The summed E-state index contributed by atoms with van der Waals surface area (Å²) in [5.74, 6) is -0.765. The number of hydrogen-bond acceptors (Lipinski definition) is 6. The molecule has 1 saturated heterocycles. The number of benzene rings is 1. The molecule has 11 heteroatoms. The molecule has 0 unspecified atom stereocenters. The van der Waals surface area contributed by atoms with E-state index in [9.17, 15) is 17.6 Å². The molecule has 0 radical (unpaired) electrons. The van der Waals surface area contributed by atoms with Crippen LogP contribution in [0.15, 0.2) is 41.0 Å². The normalized spacial score (nSPS) is 17.4. The van der Waals surface area contributed by atoms with Crippen molar-refractivity contribution in [3.63, 3.8) is 0 Å². The molecule has 0 bridgehead atoms. The lowest BCUT2D eigenvalue weighted by Crippen LogP contribution is -2.54. The Morgan fingerprint density at radius 1 is 1.31 bits per heavy atom. The fourth-order valence-electron chi connectivity index (χ4n) is 3.62. The summed E-state index contributed by atoms with van der Waals surface area (Å²) >= 11 is 3.27. The van der Waals surface area contributed by atoms with Gasteiger partial charge in [-0.25, -0.2) is 9.37 Å². The molecule has 0 saturated carbocycles. The van der Waals surface area contributed by atoms with Gasteiger partial charge in [0.1, 0.15) is 5.82 Å². The van der Waals surface area contributed by atoms with Crippen LogP contribution in [0.3, 0.4) is 0 Å². The average Bonchev–Trinajstić information content (AvgIpc) is 2.72. The Morgan fingerprint density at radius 2 is 2.03 bits per heavy atom. The maximum Gasteiger partial charge on any atom is 0.265 e. The van der Waals surface area contributed by atoms with Crippen LogP contribution >= 0.6 is 15.9 Å². The van der Waals surface area contributed by atoms with Crippen LogP contribution in [0.2, 0.25) is 0 Å². The molecule has 0 aliphatic carbocycles. The highest BCUT2D eigenvalue weighted by Crippen LogP contribution is 2.22. The number of rotatable bonds is 8. The zero-order chi connectivity index (χ0) is 23.3. The summed E-state index contributed by atoms with van der Waals surface area (Å²) in [6.45, 7) is 4.32. The lowest BCUT2D eigenvalue weighted by atomic mass is 10.1. The molecule has 3 rings (SSSR count). The second-order valence-corrected chi connectivity index (χ2v) is 10.2. The minimum absolute atomic E-state index is 0.00720. The van der Waals surface area contributed by atoms with Crippen LogP contribution < -0.4 is 4.74 Å². The zero-order valence-corrected chi connectivity index (χ0v) is 20.0. The standard InChI is InChI=1S/C21H25BrFN3O5S/c1-15-12-25(13-16-2-4-19(23)5-3-16)7-8-26(15)20(27)14-31-21-17(6-9-32(28,29)30)10-18(22)11-24-21/h2-5,10-11,15H,6-9,12-14H2,1H3,(H,28,29,30)/t15-/m1/s1. The molecule has 1 aromatic heterocycles. The van der Waals surface area contributed by atoms with E-state index < -0.39 is 15.9 Å². The summed E-state index contributed by atoms with van der Waals surface area (Å²) in [5, 5.41) is 0. The molecule has 1 aliphatic heterocycles. The zero-order valence-electron chi connectivity index (χ0n) is 17.6. The molecule has 1 N–H and O–H groups in total. The highest BCUT2D eigenvalue weighted by Gasteiger charge is 2.28. The minimum atomic E-state index is -4.13. The molecular weight excluding hydrogens is 505 g/mol. The van der Waals surface area contributed by atoms with E-state index in [4.69, 9.17) is 9.29 Å².